The Hall–Kier alpha value is -2.87. The molecule has 0 aliphatic carbocycles. The third-order valence-electron chi connectivity index (χ3n) is 5.46. The fourth-order valence-corrected chi connectivity index (χ4v) is 3.33. The summed E-state index contributed by atoms with van der Waals surface area (Å²) in [5.41, 5.74) is 6.39. The largest absolute Gasteiger partial charge is 0.458 e. The van der Waals surface area contributed by atoms with Gasteiger partial charge in [0, 0.05) is 0 Å². The van der Waals surface area contributed by atoms with Crippen LogP contribution in [0.3, 0.4) is 0 Å². The summed E-state index contributed by atoms with van der Waals surface area (Å²) in [5.74, 6) is -0.293. The fraction of sp³-hybridized carbons (Fsp3) is 0.406. The molecule has 0 radical (unpaired) electrons. The van der Waals surface area contributed by atoms with E-state index in [9.17, 15) is 4.79 Å². The van der Waals surface area contributed by atoms with Gasteiger partial charge in [-0.2, -0.15) is 0 Å². The summed E-state index contributed by atoms with van der Waals surface area (Å²) in [6.45, 7) is 11.3. The van der Waals surface area contributed by atoms with Gasteiger partial charge in [0.2, 0.25) is 0 Å². The van der Waals surface area contributed by atoms with Gasteiger partial charge in [0.05, 0.1) is 5.56 Å². The lowest BCUT2D eigenvalue weighted by Crippen LogP contribution is -2.04. The molecule has 0 bridgehead atoms. The molecule has 0 atom stereocenters. The molecule has 0 heterocycles. The van der Waals surface area contributed by atoms with Crippen molar-refractivity contribution in [3.05, 3.63) is 107 Å². The molecular weight excluding hydrogens is 416 g/mol. The Morgan fingerprint density at radius 3 is 1.82 bits per heavy atom. The van der Waals surface area contributed by atoms with E-state index in [0.29, 0.717) is 5.56 Å². The van der Waals surface area contributed by atoms with E-state index >= 15 is 0 Å². The molecule has 1 aromatic carbocycles. The number of ether oxygens (including phenoxy) is 1. The van der Waals surface area contributed by atoms with Crippen molar-refractivity contribution in [2.45, 2.75) is 79.6 Å². The fourth-order valence-electron chi connectivity index (χ4n) is 3.33. The topological polar surface area (TPSA) is 26.3 Å². The molecule has 2 heteroatoms. The Kier molecular flexibility index (Phi) is 15.9. The highest BCUT2D eigenvalue weighted by molar-refractivity contribution is 5.89. The lowest BCUT2D eigenvalue weighted by Gasteiger charge is -2.02. The van der Waals surface area contributed by atoms with E-state index in [0.717, 1.165) is 38.5 Å². The molecule has 0 saturated heterocycles. The molecule has 0 aliphatic heterocycles. The van der Waals surface area contributed by atoms with Crippen molar-refractivity contribution >= 4 is 5.97 Å². The van der Waals surface area contributed by atoms with E-state index in [-0.39, 0.29) is 12.6 Å². The molecule has 0 saturated carbocycles. The Bertz CT molecular complexity index is 888. The van der Waals surface area contributed by atoms with Crippen LogP contribution in [0.1, 0.15) is 89.9 Å². The molecule has 0 aliphatic rings. The maximum absolute atomic E-state index is 11.8. The van der Waals surface area contributed by atoms with Crippen LogP contribution in [0.4, 0.5) is 0 Å². The monoisotopic (exact) mass is 460 g/mol. The lowest BCUT2D eigenvalue weighted by atomic mass is 10.0. The van der Waals surface area contributed by atoms with Crippen molar-refractivity contribution in [1.82, 2.24) is 0 Å². The molecule has 0 N–H and O–H groups in total. The number of benzene rings is 1. The number of hydrogen-bond donors (Lipinski definition) is 0. The zero-order valence-corrected chi connectivity index (χ0v) is 22.0. The molecule has 0 aromatic heterocycles. The second-order valence-corrected chi connectivity index (χ2v) is 9.11. The predicted molar refractivity (Wildman–Crippen MR) is 148 cm³/mol. The summed E-state index contributed by atoms with van der Waals surface area (Å²) in [6.07, 6.45) is 25.0. The van der Waals surface area contributed by atoms with Crippen molar-refractivity contribution in [3.8, 4) is 0 Å². The van der Waals surface area contributed by atoms with Crippen molar-refractivity contribution < 1.29 is 9.53 Å². The van der Waals surface area contributed by atoms with Gasteiger partial charge < -0.3 is 4.74 Å². The average Bonchev–Trinajstić information content (AvgIpc) is 2.81. The SMILES string of the molecule is CC(C)=CCC/C(C)=C/CC/C(C)=C/CC/C(C)=C/C/C=C/C=C/COC(=O)c1ccccc1. The van der Waals surface area contributed by atoms with Crippen molar-refractivity contribution in [2.75, 3.05) is 6.61 Å². The Labute approximate surface area is 208 Å². The van der Waals surface area contributed by atoms with Gasteiger partial charge in [-0.05, 0) is 97.8 Å². The third-order valence-corrected chi connectivity index (χ3v) is 5.46. The number of rotatable bonds is 15. The molecule has 34 heavy (non-hydrogen) atoms. The smallest absolute Gasteiger partial charge is 0.338 e. The van der Waals surface area contributed by atoms with Crippen LogP contribution in [0, 0.1) is 0 Å². The minimum Gasteiger partial charge on any atom is -0.458 e. The van der Waals surface area contributed by atoms with Crippen LogP contribution >= 0.6 is 0 Å². The van der Waals surface area contributed by atoms with E-state index < -0.39 is 0 Å². The van der Waals surface area contributed by atoms with Crippen molar-refractivity contribution in [3.63, 3.8) is 0 Å². The average molecular weight is 461 g/mol. The zero-order valence-electron chi connectivity index (χ0n) is 22.0. The maximum atomic E-state index is 11.8. The summed E-state index contributed by atoms with van der Waals surface area (Å²) in [5, 5.41) is 0. The van der Waals surface area contributed by atoms with Gasteiger partial charge in [-0.3, -0.25) is 0 Å². The standard InChI is InChI=1S/C32H44O2/c1-27(2)17-14-19-29(4)21-16-23-30(5)22-15-20-28(3)18-10-7-6-8-13-26-34-32(33)31-24-11-9-12-25-31/h6-9,11-13,17-18,21-22,24-25H,10,14-16,19-20,23,26H2,1-5H3/b7-6+,13-8+,28-18+,29-21+,30-22+. The zero-order chi connectivity index (χ0) is 25.0. The lowest BCUT2D eigenvalue weighted by molar-refractivity contribution is 0.0549. The number of carbonyl (C=O) groups excluding carboxylic acids is 1. The van der Waals surface area contributed by atoms with Gasteiger partial charge in [-0.15, -0.1) is 0 Å². The molecular formula is C32H44O2. The molecule has 0 amide bonds. The van der Waals surface area contributed by atoms with Crippen LogP contribution in [-0.2, 0) is 4.74 Å². The number of allylic oxidation sites excluding steroid dienone is 11. The van der Waals surface area contributed by atoms with Crippen LogP contribution in [0.25, 0.3) is 0 Å². The summed E-state index contributed by atoms with van der Waals surface area (Å²) in [7, 11) is 0. The Balaban J connectivity index is 2.18. The number of hydrogen-bond acceptors (Lipinski definition) is 2. The molecule has 184 valence electrons. The minimum atomic E-state index is -0.293. The highest BCUT2D eigenvalue weighted by Gasteiger charge is 2.03. The molecule has 2 nitrogen and oxygen atoms in total. The summed E-state index contributed by atoms with van der Waals surface area (Å²) < 4.78 is 5.21. The first kappa shape index (κ1) is 29.2. The molecule has 0 unspecified atom stereocenters. The van der Waals surface area contributed by atoms with Crippen LogP contribution in [0.2, 0.25) is 0 Å². The third kappa shape index (κ3) is 15.9. The van der Waals surface area contributed by atoms with E-state index in [1.54, 1.807) is 12.1 Å². The summed E-state index contributed by atoms with van der Waals surface area (Å²) in [4.78, 5) is 11.8. The first-order valence-electron chi connectivity index (χ1n) is 12.5. The maximum Gasteiger partial charge on any atom is 0.338 e. The molecule has 0 fully saturated rings. The van der Waals surface area contributed by atoms with E-state index in [1.165, 1.54) is 28.7 Å². The van der Waals surface area contributed by atoms with Gasteiger partial charge in [0.15, 0.2) is 0 Å². The van der Waals surface area contributed by atoms with E-state index in [1.807, 2.05) is 36.4 Å². The summed E-state index contributed by atoms with van der Waals surface area (Å²) in [6, 6.07) is 9.05. The van der Waals surface area contributed by atoms with Gasteiger partial charge in [-0.25, -0.2) is 4.79 Å². The van der Waals surface area contributed by atoms with Crippen LogP contribution in [-0.4, -0.2) is 12.6 Å². The van der Waals surface area contributed by atoms with E-state index in [2.05, 4.69) is 65.0 Å². The quantitative estimate of drug-likeness (QED) is 0.148. The van der Waals surface area contributed by atoms with Gasteiger partial charge in [-0.1, -0.05) is 83.0 Å². The second kappa shape index (κ2) is 18.5. The highest BCUT2D eigenvalue weighted by atomic mass is 16.5. The molecule has 0 spiro atoms. The number of esters is 1. The second-order valence-electron chi connectivity index (χ2n) is 9.11. The van der Waals surface area contributed by atoms with Crippen molar-refractivity contribution in [2.24, 2.45) is 0 Å². The van der Waals surface area contributed by atoms with Crippen LogP contribution in [0.5, 0.6) is 0 Å². The normalized spacial score (nSPS) is 13.0. The van der Waals surface area contributed by atoms with Gasteiger partial charge in [0.1, 0.15) is 6.61 Å². The number of carbonyl (C=O) groups is 1. The molecule has 1 rings (SSSR count). The minimum absolute atomic E-state index is 0.282. The predicted octanol–water partition coefficient (Wildman–Crippen LogP) is 9.49. The van der Waals surface area contributed by atoms with Gasteiger partial charge >= 0.3 is 5.97 Å². The van der Waals surface area contributed by atoms with E-state index in [4.69, 9.17) is 4.74 Å². The first-order valence-corrected chi connectivity index (χ1v) is 12.5. The van der Waals surface area contributed by atoms with Crippen LogP contribution in [0.15, 0.2) is 101 Å². The highest BCUT2D eigenvalue weighted by Crippen LogP contribution is 2.14. The summed E-state index contributed by atoms with van der Waals surface area (Å²) >= 11 is 0. The first-order chi connectivity index (χ1) is 16.4. The molecule has 1 aromatic rings. The van der Waals surface area contributed by atoms with Crippen LogP contribution < -0.4 is 0 Å². The van der Waals surface area contributed by atoms with Gasteiger partial charge in [0.25, 0.3) is 0 Å². The Morgan fingerprint density at radius 1 is 0.706 bits per heavy atom. The Morgan fingerprint density at radius 2 is 1.24 bits per heavy atom. The van der Waals surface area contributed by atoms with Crippen molar-refractivity contribution in [1.29, 1.82) is 0 Å².